The Morgan fingerprint density at radius 2 is 1.64 bits per heavy atom. The Bertz CT molecular complexity index is 690. The van der Waals surface area contributed by atoms with Gasteiger partial charge in [-0.15, -0.1) is 0 Å². The van der Waals surface area contributed by atoms with Crippen molar-refractivity contribution in [1.29, 1.82) is 0 Å². The van der Waals surface area contributed by atoms with E-state index in [1.165, 1.54) is 24.3 Å². The van der Waals surface area contributed by atoms with E-state index in [4.69, 9.17) is 4.74 Å². The number of hydrogen-bond acceptors (Lipinski definition) is 4. The van der Waals surface area contributed by atoms with Gasteiger partial charge >= 0.3 is 12.6 Å². The molecule has 2 aromatic carbocycles. The second-order valence-corrected chi connectivity index (χ2v) is 5.12. The number of halogens is 2. The number of carbonyl (C=O) groups is 2. The van der Waals surface area contributed by atoms with Crippen LogP contribution in [0.25, 0.3) is 0 Å². The molecule has 7 heteroatoms. The Balaban J connectivity index is 1.70. The third-order valence-electron chi connectivity index (χ3n) is 3.19. The molecule has 5 nitrogen and oxygen atoms in total. The third kappa shape index (κ3) is 6.99. The van der Waals surface area contributed by atoms with Crippen LogP contribution in [-0.4, -0.2) is 25.0 Å². The lowest BCUT2D eigenvalue weighted by atomic mass is 10.1. The van der Waals surface area contributed by atoms with Crippen LogP contribution in [0.2, 0.25) is 0 Å². The van der Waals surface area contributed by atoms with E-state index in [0.29, 0.717) is 5.56 Å². The zero-order valence-electron chi connectivity index (χ0n) is 13.3. The van der Waals surface area contributed by atoms with E-state index in [2.05, 4.69) is 10.1 Å². The Morgan fingerprint density at radius 1 is 0.960 bits per heavy atom. The van der Waals surface area contributed by atoms with E-state index < -0.39 is 12.6 Å². The van der Waals surface area contributed by atoms with Crippen LogP contribution in [0.3, 0.4) is 0 Å². The molecule has 2 aromatic rings. The van der Waals surface area contributed by atoms with Gasteiger partial charge in [-0.3, -0.25) is 9.59 Å². The zero-order chi connectivity index (χ0) is 18.1. The summed E-state index contributed by atoms with van der Waals surface area (Å²) in [6.45, 7) is -2.99. The quantitative estimate of drug-likeness (QED) is 0.744. The Labute approximate surface area is 143 Å². The molecular formula is C18H17F2NO4. The van der Waals surface area contributed by atoms with E-state index in [9.17, 15) is 18.4 Å². The number of amides is 1. The summed E-state index contributed by atoms with van der Waals surface area (Å²) < 4.78 is 33.4. The van der Waals surface area contributed by atoms with Gasteiger partial charge in [0, 0.05) is 0 Å². The lowest BCUT2D eigenvalue weighted by molar-refractivity contribution is -0.145. The Kier molecular flexibility index (Phi) is 6.88. The summed E-state index contributed by atoms with van der Waals surface area (Å²) in [5.74, 6) is -0.902. The van der Waals surface area contributed by atoms with E-state index in [-0.39, 0.29) is 31.2 Å². The number of nitrogens with one attached hydrogen (secondary N) is 1. The number of carbonyl (C=O) groups excluding carboxylic acids is 2. The number of alkyl halides is 2. The molecule has 132 valence electrons. The maximum atomic E-state index is 12.0. The van der Waals surface area contributed by atoms with Crippen molar-refractivity contribution in [3.63, 3.8) is 0 Å². The lowest BCUT2D eigenvalue weighted by Crippen LogP contribution is -2.31. The summed E-state index contributed by atoms with van der Waals surface area (Å²) in [7, 11) is 0. The van der Waals surface area contributed by atoms with Crippen LogP contribution in [0.4, 0.5) is 8.78 Å². The molecule has 0 heterocycles. The van der Waals surface area contributed by atoms with Crippen LogP contribution < -0.4 is 10.1 Å². The highest BCUT2D eigenvalue weighted by atomic mass is 19.3. The van der Waals surface area contributed by atoms with Crippen molar-refractivity contribution in [2.75, 3.05) is 6.54 Å². The first-order valence-electron chi connectivity index (χ1n) is 7.53. The summed E-state index contributed by atoms with van der Waals surface area (Å²) in [4.78, 5) is 23.4. The number of benzene rings is 2. The molecule has 2 rings (SSSR count). The Morgan fingerprint density at radius 3 is 2.28 bits per heavy atom. The first kappa shape index (κ1) is 18.4. The van der Waals surface area contributed by atoms with Gasteiger partial charge in [0.05, 0.1) is 6.42 Å². The van der Waals surface area contributed by atoms with Crippen molar-refractivity contribution in [1.82, 2.24) is 5.32 Å². The first-order valence-corrected chi connectivity index (χ1v) is 7.53. The molecule has 0 radical (unpaired) electrons. The van der Waals surface area contributed by atoms with Gasteiger partial charge in [0.1, 0.15) is 18.9 Å². The standard InChI is InChI=1S/C18H17F2NO4/c19-18(20)25-15-8-6-13(7-9-15)10-16(22)21-11-17(23)24-12-14-4-2-1-3-5-14/h1-9,18H,10-12H2,(H,21,22). The second-order valence-electron chi connectivity index (χ2n) is 5.12. The molecule has 0 fully saturated rings. The number of esters is 1. The van der Waals surface area contributed by atoms with Crippen molar-refractivity contribution in [3.8, 4) is 5.75 Å². The summed E-state index contributed by atoms with van der Waals surface area (Å²) in [6, 6.07) is 14.9. The van der Waals surface area contributed by atoms with Crippen LogP contribution in [0.5, 0.6) is 5.75 Å². The fourth-order valence-electron chi connectivity index (χ4n) is 2.00. The van der Waals surface area contributed by atoms with E-state index in [1.807, 2.05) is 30.3 Å². The van der Waals surface area contributed by atoms with Crippen molar-refractivity contribution < 1.29 is 27.8 Å². The molecule has 0 bridgehead atoms. The average molecular weight is 349 g/mol. The van der Waals surface area contributed by atoms with Gasteiger partial charge in [-0.25, -0.2) is 0 Å². The predicted octanol–water partition coefficient (Wildman–Crippen LogP) is 2.69. The highest BCUT2D eigenvalue weighted by Crippen LogP contribution is 2.15. The summed E-state index contributed by atoms with van der Waals surface area (Å²) in [6.07, 6.45) is 0.0148. The molecule has 0 aliphatic rings. The van der Waals surface area contributed by atoms with Gasteiger partial charge in [0.15, 0.2) is 0 Å². The van der Waals surface area contributed by atoms with Crippen molar-refractivity contribution in [2.45, 2.75) is 19.6 Å². The molecule has 0 saturated carbocycles. The van der Waals surface area contributed by atoms with Crippen molar-refractivity contribution in [2.24, 2.45) is 0 Å². The molecule has 0 atom stereocenters. The van der Waals surface area contributed by atoms with E-state index >= 15 is 0 Å². The fourth-order valence-corrected chi connectivity index (χ4v) is 2.00. The molecule has 0 unspecified atom stereocenters. The SMILES string of the molecule is O=C(Cc1ccc(OC(F)F)cc1)NCC(=O)OCc1ccccc1. The molecule has 0 aliphatic heterocycles. The van der Waals surface area contributed by atoms with Gasteiger partial charge in [-0.1, -0.05) is 42.5 Å². The van der Waals surface area contributed by atoms with Gasteiger partial charge < -0.3 is 14.8 Å². The van der Waals surface area contributed by atoms with Gasteiger partial charge in [-0.2, -0.15) is 8.78 Å². The second kappa shape index (κ2) is 9.36. The molecule has 1 N–H and O–H groups in total. The highest BCUT2D eigenvalue weighted by molar-refractivity contribution is 5.83. The topological polar surface area (TPSA) is 64.6 Å². The highest BCUT2D eigenvalue weighted by Gasteiger charge is 2.09. The first-order chi connectivity index (χ1) is 12.0. The van der Waals surface area contributed by atoms with Gasteiger partial charge in [0.2, 0.25) is 5.91 Å². The fraction of sp³-hybridized carbons (Fsp3) is 0.222. The van der Waals surface area contributed by atoms with Crippen molar-refractivity contribution >= 4 is 11.9 Å². The maximum absolute atomic E-state index is 12.0. The number of hydrogen-bond donors (Lipinski definition) is 1. The summed E-state index contributed by atoms with van der Waals surface area (Å²) in [5, 5.41) is 2.45. The maximum Gasteiger partial charge on any atom is 0.387 e. The Hall–Kier alpha value is -2.96. The van der Waals surface area contributed by atoms with Gasteiger partial charge in [-0.05, 0) is 23.3 Å². The molecule has 25 heavy (non-hydrogen) atoms. The van der Waals surface area contributed by atoms with Crippen LogP contribution in [0.1, 0.15) is 11.1 Å². The normalized spacial score (nSPS) is 10.4. The van der Waals surface area contributed by atoms with Crippen LogP contribution >= 0.6 is 0 Å². The van der Waals surface area contributed by atoms with Crippen LogP contribution in [-0.2, 0) is 27.4 Å². The van der Waals surface area contributed by atoms with E-state index in [0.717, 1.165) is 5.56 Å². The lowest BCUT2D eigenvalue weighted by Gasteiger charge is -2.08. The summed E-state index contributed by atoms with van der Waals surface area (Å²) >= 11 is 0. The number of rotatable bonds is 8. The largest absolute Gasteiger partial charge is 0.460 e. The monoisotopic (exact) mass is 349 g/mol. The van der Waals surface area contributed by atoms with E-state index in [1.54, 1.807) is 0 Å². The van der Waals surface area contributed by atoms with Crippen LogP contribution in [0.15, 0.2) is 54.6 Å². The van der Waals surface area contributed by atoms with Crippen molar-refractivity contribution in [3.05, 3.63) is 65.7 Å². The molecule has 0 spiro atoms. The predicted molar refractivity (Wildman–Crippen MR) is 86.0 cm³/mol. The molecular weight excluding hydrogens is 332 g/mol. The smallest absolute Gasteiger partial charge is 0.387 e. The van der Waals surface area contributed by atoms with Crippen LogP contribution in [0, 0.1) is 0 Å². The minimum Gasteiger partial charge on any atom is -0.460 e. The van der Waals surface area contributed by atoms with Gasteiger partial charge in [0.25, 0.3) is 0 Å². The summed E-state index contributed by atoms with van der Waals surface area (Å²) in [5.41, 5.74) is 1.46. The molecule has 0 saturated heterocycles. The zero-order valence-corrected chi connectivity index (χ0v) is 13.3. The minimum absolute atomic E-state index is 0.0148. The number of ether oxygens (including phenoxy) is 2. The molecule has 0 aromatic heterocycles. The minimum atomic E-state index is -2.89. The molecule has 1 amide bonds. The average Bonchev–Trinajstić information content (AvgIpc) is 2.60. The molecule has 0 aliphatic carbocycles. The third-order valence-corrected chi connectivity index (χ3v) is 3.19.